The molecule has 0 bridgehead atoms. The average Bonchev–Trinajstić information content (AvgIpc) is 3.38. The van der Waals surface area contributed by atoms with Crippen LogP contribution >= 0.6 is 0 Å². The number of benzene rings is 1. The first-order valence-corrected chi connectivity index (χ1v) is 9.74. The number of rotatable bonds is 6. The van der Waals surface area contributed by atoms with Crippen LogP contribution in [0.15, 0.2) is 41.8 Å². The fraction of sp³-hybridized carbons (Fsp3) is 0.350. The Morgan fingerprint density at radius 1 is 1.24 bits per heavy atom. The zero-order chi connectivity index (χ0) is 24.6. The smallest absolute Gasteiger partial charge is 0.475 e. The van der Waals surface area contributed by atoms with Crippen LogP contribution in [0.3, 0.4) is 0 Å². The second kappa shape index (κ2) is 11.1. The average molecular weight is 469 g/mol. The van der Waals surface area contributed by atoms with E-state index in [1.807, 2.05) is 18.2 Å². The molecule has 1 aromatic heterocycles. The van der Waals surface area contributed by atoms with Crippen LogP contribution in [0.4, 0.5) is 24.5 Å². The van der Waals surface area contributed by atoms with Crippen molar-refractivity contribution in [2.45, 2.75) is 45.5 Å². The number of carbonyl (C=O) groups is 3. The van der Waals surface area contributed by atoms with Gasteiger partial charge >= 0.3 is 12.1 Å². The normalized spacial score (nSPS) is 14.9. The Labute approximate surface area is 186 Å². The summed E-state index contributed by atoms with van der Waals surface area (Å²) >= 11 is 0. The molecule has 0 radical (unpaired) electrons. The number of carboxylic acid groups (broad SMARTS) is 1. The summed E-state index contributed by atoms with van der Waals surface area (Å²) in [5.41, 5.74) is 2.63. The maximum atomic E-state index is 12.4. The summed E-state index contributed by atoms with van der Waals surface area (Å²) in [6.45, 7) is 4.30. The van der Waals surface area contributed by atoms with Crippen molar-refractivity contribution in [1.29, 1.82) is 0 Å². The van der Waals surface area contributed by atoms with Crippen LogP contribution in [-0.2, 0) is 25.8 Å². The molecule has 1 atom stereocenters. The number of aromatic nitrogens is 2. The van der Waals surface area contributed by atoms with Gasteiger partial charge in [-0.05, 0) is 12.5 Å². The summed E-state index contributed by atoms with van der Waals surface area (Å²) in [6.07, 6.45) is -1.12. The van der Waals surface area contributed by atoms with Crippen molar-refractivity contribution < 1.29 is 37.5 Å². The van der Waals surface area contributed by atoms with Gasteiger partial charge in [0.1, 0.15) is 0 Å². The molecule has 13 heteroatoms. The Balaban J connectivity index is 0.000000479. The van der Waals surface area contributed by atoms with E-state index in [9.17, 15) is 22.8 Å². The molecule has 1 aliphatic heterocycles. The minimum absolute atomic E-state index is 0.171. The SMILES string of the molecule is CCCn1cc(NC(=O)C2CC(c3ccccc3NC(C)=O)=NO2)cn1.O=C(O)C(F)(F)F. The molecule has 33 heavy (non-hydrogen) atoms. The van der Waals surface area contributed by atoms with Crippen molar-refractivity contribution in [2.75, 3.05) is 10.6 Å². The number of aliphatic carboxylic acids is 1. The number of hydrogen-bond acceptors (Lipinski definition) is 6. The summed E-state index contributed by atoms with van der Waals surface area (Å²) in [7, 11) is 0. The minimum atomic E-state index is -5.08. The molecule has 3 rings (SSSR count). The lowest BCUT2D eigenvalue weighted by molar-refractivity contribution is -0.192. The summed E-state index contributed by atoms with van der Waals surface area (Å²) in [5.74, 6) is -3.21. The zero-order valence-corrected chi connectivity index (χ0v) is 17.7. The Morgan fingerprint density at radius 2 is 1.91 bits per heavy atom. The molecule has 0 saturated carbocycles. The van der Waals surface area contributed by atoms with Gasteiger partial charge in [0.25, 0.3) is 5.91 Å². The highest BCUT2D eigenvalue weighted by atomic mass is 19.4. The summed E-state index contributed by atoms with van der Waals surface area (Å²) < 4.78 is 33.5. The molecular formula is C20H22F3N5O5. The first-order chi connectivity index (χ1) is 15.5. The van der Waals surface area contributed by atoms with E-state index in [-0.39, 0.29) is 11.8 Å². The van der Waals surface area contributed by atoms with E-state index in [0.717, 1.165) is 18.5 Å². The molecule has 1 aliphatic rings. The third-order valence-electron chi connectivity index (χ3n) is 4.11. The highest BCUT2D eigenvalue weighted by Crippen LogP contribution is 2.24. The fourth-order valence-corrected chi connectivity index (χ4v) is 2.71. The monoisotopic (exact) mass is 469 g/mol. The number of nitrogens with one attached hydrogen (secondary N) is 2. The molecule has 0 aliphatic carbocycles. The van der Waals surface area contributed by atoms with Gasteiger partial charge in [-0.3, -0.25) is 14.3 Å². The zero-order valence-electron chi connectivity index (χ0n) is 17.7. The summed E-state index contributed by atoms with van der Waals surface area (Å²) in [6, 6.07) is 7.29. The third kappa shape index (κ3) is 7.63. The van der Waals surface area contributed by atoms with Gasteiger partial charge < -0.3 is 20.6 Å². The van der Waals surface area contributed by atoms with Gasteiger partial charge in [-0.15, -0.1) is 0 Å². The minimum Gasteiger partial charge on any atom is -0.475 e. The molecular weight excluding hydrogens is 447 g/mol. The van der Waals surface area contributed by atoms with Crippen LogP contribution in [-0.4, -0.2) is 50.7 Å². The van der Waals surface area contributed by atoms with Gasteiger partial charge in [-0.2, -0.15) is 18.3 Å². The predicted octanol–water partition coefficient (Wildman–Crippen LogP) is 3.02. The summed E-state index contributed by atoms with van der Waals surface area (Å²) in [5, 5.41) is 20.9. The van der Waals surface area contributed by atoms with Crippen molar-refractivity contribution in [2.24, 2.45) is 5.16 Å². The van der Waals surface area contributed by atoms with Crippen molar-refractivity contribution >= 4 is 34.9 Å². The largest absolute Gasteiger partial charge is 0.490 e. The number of nitrogens with zero attached hydrogens (tertiary/aromatic N) is 3. The number of para-hydroxylation sites is 1. The first-order valence-electron chi connectivity index (χ1n) is 9.74. The van der Waals surface area contributed by atoms with Crippen LogP contribution in [0.25, 0.3) is 0 Å². The highest BCUT2D eigenvalue weighted by Gasteiger charge is 2.38. The van der Waals surface area contributed by atoms with Gasteiger partial charge in [-0.25, -0.2) is 4.79 Å². The molecule has 2 amide bonds. The van der Waals surface area contributed by atoms with Gasteiger partial charge in [0.05, 0.1) is 17.6 Å². The van der Waals surface area contributed by atoms with Crippen molar-refractivity contribution in [3.63, 3.8) is 0 Å². The van der Waals surface area contributed by atoms with E-state index >= 15 is 0 Å². The van der Waals surface area contributed by atoms with Gasteiger partial charge in [0.2, 0.25) is 12.0 Å². The Hall–Kier alpha value is -3.90. The Bertz CT molecular complexity index is 1040. The molecule has 0 saturated heterocycles. The number of carbonyl (C=O) groups excluding carboxylic acids is 2. The molecule has 178 valence electrons. The fourth-order valence-electron chi connectivity index (χ4n) is 2.71. The van der Waals surface area contributed by atoms with Gasteiger partial charge in [0.15, 0.2) is 0 Å². The molecule has 0 spiro atoms. The Kier molecular flexibility index (Phi) is 8.54. The summed E-state index contributed by atoms with van der Waals surface area (Å²) in [4.78, 5) is 38.0. The van der Waals surface area contributed by atoms with Crippen molar-refractivity contribution in [3.8, 4) is 0 Å². The van der Waals surface area contributed by atoms with Crippen LogP contribution in [0, 0.1) is 0 Å². The maximum absolute atomic E-state index is 12.4. The number of halogens is 3. The topological polar surface area (TPSA) is 135 Å². The molecule has 1 unspecified atom stereocenters. The number of hydrogen-bond donors (Lipinski definition) is 3. The molecule has 2 heterocycles. The lowest BCUT2D eigenvalue weighted by Gasteiger charge is -2.09. The number of anilines is 2. The third-order valence-corrected chi connectivity index (χ3v) is 4.11. The number of amides is 2. The van der Waals surface area contributed by atoms with Gasteiger partial charge in [-0.1, -0.05) is 30.3 Å². The van der Waals surface area contributed by atoms with E-state index in [4.69, 9.17) is 14.7 Å². The quantitative estimate of drug-likeness (QED) is 0.595. The van der Waals surface area contributed by atoms with E-state index in [0.29, 0.717) is 23.5 Å². The number of aryl methyl sites for hydroxylation is 1. The second-order valence-electron chi connectivity index (χ2n) is 6.85. The highest BCUT2D eigenvalue weighted by molar-refractivity contribution is 6.10. The number of oxime groups is 1. The lowest BCUT2D eigenvalue weighted by Crippen LogP contribution is -2.28. The van der Waals surface area contributed by atoms with E-state index in [2.05, 4.69) is 27.8 Å². The number of alkyl halides is 3. The molecule has 3 N–H and O–H groups in total. The van der Waals surface area contributed by atoms with Crippen LogP contribution in [0.1, 0.15) is 32.3 Å². The number of carboxylic acids is 1. The maximum Gasteiger partial charge on any atom is 0.490 e. The van der Waals surface area contributed by atoms with Crippen LogP contribution in [0.2, 0.25) is 0 Å². The van der Waals surface area contributed by atoms with Crippen molar-refractivity contribution in [1.82, 2.24) is 9.78 Å². The predicted molar refractivity (Wildman–Crippen MR) is 112 cm³/mol. The standard InChI is InChI=1S/C18H21N5O3.C2HF3O2/c1-3-8-23-11-13(10-19-23)21-18(25)17-9-16(22-26-17)14-6-4-5-7-15(14)20-12(2)24;3-2(4,5)1(6)7/h4-7,10-11,17H,3,8-9H2,1-2H3,(H,20,24)(H,21,25);(H,6,7). The van der Waals surface area contributed by atoms with Crippen LogP contribution < -0.4 is 10.6 Å². The molecule has 10 nitrogen and oxygen atoms in total. The molecule has 0 fully saturated rings. The van der Waals surface area contributed by atoms with Crippen LogP contribution in [0.5, 0.6) is 0 Å². The van der Waals surface area contributed by atoms with Crippen molar-refractivity contribution in [3.05, 3.63) is 42.2 Å². The van der Waals surface area contributed by atoms with E-state index in [1.54, 1.807) is 23.1 Å². The molecule has 1 aromatic carbocycles. The first kappa shape index (κ1) is 25.4. The Morgan fingerprint density at radius 3 is 2.52 bits per heavy atom. The lowest BCUT2D eigenvalue weighted by atomic mass is 10.0. The van der Waals surface area contributed by atoms with Gasteiger partial charge in [0, 0.05) is 37.3 Å². The molecule has 2 aromatic rings. The van der Waals surface area contributed by atoms with E-state index in [1.165, 1.54) is 6.92 Å². The van der Waals surface area contributed by atoms with E-state index < -0.39 is 18.2 Å². The second-order valence-corrected chi connectivity index (χ2v) is 6.85.